The van der Waals surface area contributed by atoms with Gasteiger partial charge in [0.2, 0.25) is 11.9 Å². The quantitative estimate of drug-likeness (QED) is 0.631. The van der Waals surface area contributed by atoms with Crippen LogP contribution in [0.4, 0.5) is 0 Å². The van der Waals surface area contributed by atoms with E-state index in [2.05, 4.69) is 0 Å². The number of hydrogen-bond acceptors (Lipinski definition) is 5. The minimum atomic E-state index is -0.893. The van der Waals surface area contributed by atoms with Crippen LogP contribution in [-0.4, -0.2) is 30.6 Å². The molecule has 0 aromatic heterocycles. The Hall–Kier alpha value is -2.82. The van der Waals surface area contributed by atoms with Crippen LogP contribution in [0.3, 0.4) is 0 Å². The zero-order valence-corrected chi connectivity index (χ0v) is 14.4. The summed E-state index contributed by atoms with van der Waals surface area (Å²) in [4.78, 5) is 24.8. The molecule has 5 heteroatoms. The molecule has 0 radical (unpaired) electrons. The van der Waals surface area contributed by atoms with E-state index in [0.29, 0.717) is 17.1 Å². The van der Waals surface area contributed by atoms with Gasteiger partial charge in [0.25, 0.3) is 0 Å². The van der Waals surface area contributed by atoms with E-state index >= 15 is 0 Å². The van der Waals surface area contributed by atoms with Gasteiger partial charge >= 0.3 is 5.97 Å². The van der Waals surface area contributed by atoms with Crippen molar-refractivity contribution in [1.29, 1.82) is 0 Å². The molecule has 3 rings (SSSR count). The first-order valence-electron chi connectivity index (χ1n) is 8.16. The molecule has 0 aliphatic carbocycles. The summed E-state index contributed by atoms with van der Waals surface area (Å²) in [6.45, 7) is 5.53. The van der Waals surface area contributed by atoms with Crippen molar-refractivity contribution in [2.45, 2.75) is 33.0 Å². The highest BCUT2D eigenvalue weighted by atomic mass is 16.6. The highest BCUT2D eigenvalue weighted by molar-refractivity contribution is 6.00. The Balaban J connectivity index is 1.64. The lowest BCUT2D eigenvalue weighted by atomic mass is 10.0. The number of benzene rings is 2. The van der Waals surface area contributed by atoms with Gasteiger partial charge in [-0.1, -0.05) is 24.3 Å². The molecule has 0 N–H and O–H groups in total. The van der Waals surface area contributed by atoms with Gasteiger partial charge in [0.05, 0.1) is 0 Å². The number of rotatable bonds is 4. The van der Waals surface area contributed by atoms with Gasteiger partial charge < -0.3 is 14.2 Å². The van der Waals surface area contributed by atoms with Crippen LogP contribution >= 0.6 is 0 Å². The average molecular weight is 340 g/mol. The Labute approximate surface area is 146 Å². The summed E-state index contributed by atoms with van der Waals surface area (Å²) < 4.78 is 16.4. The number of para-hydroxylation sites is 2. The Kier molecular flexibility index (Phi) is 4.74. The van der Waals surface area contributed by atoms with Crippen molar-refractivity contribution in [3.05, 3.63) is 59.2 Å². The molecule has 0 fully saturated rings. The lowest BCUT2D eigenvalue weighted by molar-refractivity contribution is -0.157. The van der Waals surface area contributed by atoms with Gasteiger partial charge in [-0.15, -0.1) is 0 Å². The third-order valence-corrected chi connectivity index (χ3v) is 4.23. The van der Waals surface area contributed by atoms with Crippen molar-refractivity contribution in [3.8, 4) is 11.5 Å². The van der Waals surface area contributed by atoms with Crippen molar-refractivity contribution in [1.82, 2.24) is 0 Å². The SMILES string of the molecule is Cc1ccc(C(=O)[C@@H](C)OC(=O)[C@@H]2COc3ccccc3O2)cc1C. The molecular formula is C20H20O5. The van der Waals surface area contributed by atoms with E-state index < -0.39 is 18.2 Å². The second kappa shape index (κ2) is 6.97. The first-order chi connectivity index (χ1) is 12.0. The van der Waals surface area contributed by atoms with Crippen molar-refractivity contribution in [2.75, 3.05) is 6.61 Å². The number of hydrogen-bond donors (Lipinski definition) is 0. The molecule has 1 aliphatic rings. The third kappa shape index (κ3) is 3.65. The number of aryl methyl sites for hydroxylation is 2. The summed E-state index contributed by atoms with van der Waals surface area (Å²) in [6.07, 6.45) is -1.78. The van der Waals surface area contributed by atoms with Gasteiger partial charge in [-0.3, -0.25) is 4.79 Å². The third-order valence-electron chi connectivity index (χ3n) is 4.23. The van der Waals surface area contributed by atoms with E-state index in [0.717, 1.165) is 11.1 Å². The van der Waals surface area contributed by atoms with Gasteiger partial charge in [-0.05, 0) is 50.1 Å². The zero-order chi connectivity index (χ0) is 18.0. The van der Waals surface area contributed by atoms with Crippen LogP contribution in [0.5, 0.6) is 11.5 Å². The van der Waals surface area contributed by atoms with E-state index in [4.69, 9.17) is 14.2 Å². The Morgan fingerprint density at radius 3 is 2.52 bits per heavy atom. The van der Waals surface area contributed by atoms with Crippen LogP contribution < -0.4 is 9.47 Å². The number of carbonyl (C=O) groups excluding carboxylic acids is 2. The monoisotopic (exact) mass is 340 g/mol. The van der Waals surface area contributed by atoms with Crippen molar-refractivity contribution in [2.24, 2.45) is 0 Å². The predicted octanol–water partition coefficient (Wildman–Crippen LogP) is 3.26. The smallest absolute Gasteiger partial charge is 0.351 e. The normalized spacial score (nSPS) is 16.8. The van der Waals surface area contributed by atoms with Gasteiger partial charge in [-0.2, -0.15) is 0 Å². The summed E-state index contributed by atoms with van der Waals surface area (Å²) in [5.74, 6) is 0.224. The number of carbonyl (C=O) groups is 2. The predicted molar refractivity (Wildman–Crippen MR) is 92.2 cm³/mol. The minimum absolute atomic E-state index is 0.0559. The van der Waals surface area contributed by atoms with Gasteiger partial charge in [0, 0.05) is 5.56 Å². The molecular weight excluding hydrogens is 320 g/mol. The first kappa shape index (κ1) is 17.0. The van der Waals surface area contributed by atoms with E-state index in [1.807, 2.05) is 26.0 Å². The summed E-state index contributed by atoms with van der Waals surface area (Å²) in [6, 6.07) is 12.5. The molecule has 25 heavy (non-hydrogen) atoms. The van der Waals surface area contributed by atoms with Crippen LogP contribution in [-0.2, 0) is 9.53 Å². The van der Waals surface area contributed by atoms with E-state index in [1.54, 1.807) is 37.3 Å². The van der Waals surface area contributed by atoms with Crippen LogP contribution in [0, 0.1) is 13.8 Å². The molecule has 0 spiro atoms. The molecule has 130 valence electrons. The standard InChI is InChI=1S/C20H20O5/c1-12-8-9-15(10-13(12)2)19(21)14(3)24-20(22)18-11-23-16-6-4-5-7-17(16)25-18/h4-10,14,18H,11H2,1-3H3/t14-,18+/m1/s1. The first-order valence-corrected chi connectivity index (χ1v) is 8.16. The van der Waals surface area contributed by atoms with Crippen molar-refractivity contribution in [3.63, 3.8) is 0 Å². The Morgan fingerprint density at radius 1 is 1.08 bits per heavy atom. The van der Waals surface area contributed by atoms with E-state index in [1.165, 1.54) is 0 Å². The molecule has 0 saturated heterocycles. The van der Waals surface area contributed by atoms with Gasteiger partial charge in [-0.25, -0.2) is 4.79 Å². The minimum Gasteiger partial charge on any atom is -0.485 e. The number of ketones is 1. The van der Waals surface area contributed by atoms with Gasteiger partial charge in [0.1, 0.15) is 6.61 Å². The number of Topliss-reactive ketones (excluding diaryl/α,β-unsaturated/α-hetero) is 1. The van der Waals surface area contributed by atoms with Crippen LogP contribution in [0.1, 0.15) is 28.4 Å². The number of ether oxygens (including phenoxy) is 3. The van der Waals surface area contributed by atoms with E-state index in [-0.39, 0.29) is 12.4 Å². The molecule has 2 aromatic carbocycles. The molecule has 1 heterocycles. The Morgan fingerprint density at radius 2 is 1.80 bits per heavy atom. The molecule has 0 unspecified atom stereocenters. The summed E-state index contributed by atoms with van der Waals surface area (Å²) in [7, 11) is 0. The van der Waals surface area contributed by atoms with Crippen molar-refractivity contribution >= 4 is 11.8 Å². The zero-order valence-electron chi connectivity index (χ0n) is 14.4. The fourth-order valence-electron chi connectivity index (χ4n) is 2.57. The highest BCUT2D eigenvalue weighted by Crippen LogP contribution is 2.31. The summed E-state index contributed by atoms with van der Waals surface area (Å²) in [5, 5.41) is 0. The Bertz CT molecular complexity index is 811. The number of esters is 1. The molecule has 0 bridgehead atoms. The molecule has 1 aliphatic heterocycles. The fourth-order valence-corrected chi connectivity index (χ4v) is 2.57. The maximum Gasteiger partial charge on any atom is 0.351 e. The van der Waals surface area contributed by atoms with Crippen molar-refractivity contribution < 1.29 is 23.8 Å². The highest BCUT2D eigenvalue weighted by Gasteiger charge is 2.31. The second-order valence-corrected chi connectivity index (χ2v) is 6.11. The number of fused-ring (bicyclic) bond motifs is 1. The molecule has 2 atom stereocenters. The maximum atomic E-state index is 12.5. The molecule has 2 aromatic rings. The lowest BCUT2D eigenvalue weighted by Gasteiger charge is -2.25. The second-order valence-electron chi connectivity index (χ2n) is 6.11. The fraction of sp³-hybridized carbons (Fsp3) is 0.300. The van der Waals surface area contributed by atoms with Crippen LogP contribution in [0.2, 0.25) is 0 Å². The summed E-state index contributed by atoms with van der Waals surface area (Å²) in [5.41, 5.74) is 2.65. The largest absolute Gasteiger partial charge is 0.485 e. The molecule has 0 saturated carbocycles. The molecule has 0 amide bonds. The lowest BCUT2D eigenvalue weighted by Crippen LogP contribution is -2.40. The maximum absolute atomic E-state index is 12.5. The topological polar surface area (TPSA) is 61.8 Å². The van der Waals surface area contributed by atoms with Crippen LogP contribution in [0.25, 0.3) is 0 Å². The van der Waals surface area contributed by atoms with Crippen LogP contribution in [0.15, 0.2) is 42.5 Å². The van der Waals surface area contributed by atoms with E-state index in [9.17, 15) is 9.59 Å². The van der Waals surface area contributed by atoms with Gasteiger partial charge in [0.15, 0.2) is 17.6 Å². The average Bonchev–Trinajstić information content (AvgIpc) is 2.62. The molecule has 5 nitrogen and oxygen atoms in total. The summed E-state index contributed by atoms with van der Waals surface area (Å²) >= 11 is 0.